The molecule has 0 radical (unpaired) electrons. The molecule has 1 heterocycles. The minimum atomic E-state index is -2.93. The van der Waals surface area contributed by atoms with E-state index in [9.17, 15) is 8.42 Å². The predicted octanol–water partition coefficient (Wildman–Crippen LogP) is 1.97. The van der Waals surface area contributed by atoms with E-state index in [1.165, 1.54) is 11.3 Å². The molecule has 0 atom stereocenters. The van der Waals surface area contributed by atoms with Crippen molar-refractivity contribution in [3.05, 3.63) is 16.1 Å². The number of sulfone groups is 1. The molecule has 0 bridgehead atoms. The number of alkyl halides is 1. The van der Waals surface area contributed by atoms with E-state index in [0.717, 1.165) is 10.2 Å². The van der Waals surface area contributed by atoms with Crippen molar-refractivity contribution >= 4 is 37.1 Å². The second-order valence-electron chi connectivity index (χ2n) is 2.53. The van der Waals surface area contributed by atoms with Crippen molar-refractivity contribution < 1.29 is 8.42 Å². The summed E-state index contributed by atoms with van der Waals surface area (Å²) in [6.45, 7) is 1.65. The molecule has 74 valence electrons. The van der Waals surface area contributed by atoms with Gasteiger partial charge < -0.3 is 0 Å². The van der Waals surface area contributed by atoms with Gasteiger partial charge in [0.05, 0.1) is 0 Å². The summed E-state index contributed by atoms with van der Waals surface area (Å²) in [7, 11) is -2.93. The highest BCUT2D eigenvalue weighted by Gasteiger charge is 2.11. The van der Waals surface area contributed by atoms with Crippen LogP contribution in [-0.4, -0.2) is 19.2 Å². The first kappa shape index (κ1) is 11.1. The molecule has 0 spiro atoms. The molecule has 0 amide bonds. The van der Waals surface area contributed by atoms with Gasteiger partial charge in [-0.25, -0.2) is 13.4 Å². The van der Waals surface area contributed by atoms with Crippen LogP contribution in [0.5, 0.6) is 0 Å². The van der Waals surface area contributed by atoms with Gasteiger partial charge in [-0.1, -0.05) is 22.9 Å². The molecular formula is C7H10BrNO2S2. The zero-order valence-corrected chi connectivity index (χ0v) is 10.4. The van der Waals surface area contributed by atoms with Crippen molar-refractivity contribution in [2.45, 2.75) is 18.0 Å². The Labute approximate surface area is 90.2 Å². The topological polar surface area (TPSA) is 47.0 Å². The van der Waals surface area contributed by atoms with Gasteiger partial charge in [0.2, 0.25) is 0 Å². The van der Waals surface area contributed by atoms with Gasteiger partial charge in [0.25, 0.3) is 0 Å². The van der Waals surface area contributed by atoms with Crippen LogP contribution >= 0.6 is 27.3 Å². The quantitative estimate of drug-likeness (QED) is 0.794. The number of hydrogen-bond donors (Lipinski definition) is 0. The normalized spacial score (nSPS) is 11.8. The number of thiazole rings is 1. The molecule has 0 unspecified atom stereocenters. The van der Waals surface area contributed by atoms with E-state index in [1.807, 2.05) is 0 Å². The number of rotatable bonds is 4. The summed E-state index contributed by atoms with van der Waals surface area (Å²) in [6.07, 6.45) is 1.71. The van der Waals surface area contributed by atoms with Gasteiger partial charge in [0.15, 0.2) is 9.84 Å². The van der Waals surface area contributed by atoms with Gasteiger partial charge in [0, 0.05) is 22.2 Å². The molecule has 1 aromatic heterocycles. The second kappa shape index (κ2) is 4.52. The average molecular weight is 284 g/mol. The maximum atomic E-state index is 11.2. The van der Waals surface area contributed by atoms with Gasteiger partial charge in [-0.3, -0.25) is 0 Å². The molecule has 0 fully saturated rings. The summed E-state index contributed by atoms with van der Waals surface area (Å²) in [5.74, 6) is 0.247. The highest BCUT2D eigenvalue weighted by molar-refractivity contribution is 9.08. The molecule has 3 nitrogen and oxygen atoms in total. The van der Waals surface area contributed by atoms with Crippen LogP contribution in [0.2, 0.25) is 0 Å². The average Bonchev–Trinajstić information content (AvgIpc) is 2.52. The summed E-state index contributed by atoms with van der Waals surface area (Å²) >= 11 is 4.73. The van der Waals surface area contributed by atoms with Gasteiger partial charge >= 0.3 is 0 Å². The molecule has 0 N–H and O–H groups in total. The Bertz CT molecular complexity index is 372. The smallest absolute Gasteiger partial charge is 0.156 e. The van der Waals surface area contributed by atoms with Crippen LogP contribution in [-0.2, 0) is 20.9 Å². The van der Waals surface area contributed by atoms with Crippen molar-refractivity contribution in [1.29, 1.82) is 0 Å². The van der Waals surface area contributed by atoms with Gasteiger partial charge in [0.1, 0.15) is 10.8 Å². The zero-order chi connectivity index (χ0) is 9.90. The van der Waals surface area contributed by atoms with Crippen molar-refractivity contribution in [2.75, 3.05) is 5.75 Å². The molecule has 0 saturated carbocycles. The summed E-state index contributed by atoms with van der Waals surface area (Å²) in [5.41, 5.74) is 0. The Hall–Kier alpha value is 0.0600. The van der Waals surface area contributed by atoms with Crippen LogP contribution in [0.15, 0.2) is 6.20 Å². The maximum absolute atomic E-state index is 11.2. The first-order valence-corrected chi connectivity index (χ1v) is 7.53. The van der Waals surface area contributed by atoms with Crippen molar-refractivity contribution in [2.24, 2.45) is 0 Å². The number of aromatic nitrogens is 1. The molecule has 1 rings (SSSR count). The fourth-order valence-corrected chi connectivity index (χ4v) is 3.25. The van der Waals surface area contributed by atoms with Gasteiger partial charge in [-0.2, -0.15) is 0 Å². The van der Waals surface area contributed by atoms with Gasteiger partial charge in [-0.05, 0) is 0 Å². The zero-order valence-electron chi connectivity index (χ0n) is 7.16. The Kier molecular flexibility index (Phi) is 3.87. The minimum absolute atomic E-state index is 0.0706. The molecule has 6 heteroatoms. The van der Waals surface area contributed by atoms with Crippen LogP contribution in [0, 0.1) is 0 Å². The number of hydrogen-bond acceptors (Lipinski definition) is 4. The van der Waals surface area contributed by atoms with Crippen molar-refractivity contribution in [1.82, 2.24) is 4.98 Å². The Balaban J connectivity index is 2.75. The molecule has 0 aromatic carbocycles. The lowest BCUT2D eigenvalue weighted by Crippen LogP contribution is -2.05. The Morgan fingerprint density at radius 2 is 2.31 bits per heavy atom. The van der Waals surface area contributed by atoms with Crippen LogP contribution in [0.3, 0.4) is 0 Å². The largest absolute Gasteiger partial charge is 0.248 e. The molecule has 1 aromatic rings. The first-order chi connectivity index (χ1) is 6.07. The minimum Gasteiger partial charge on any atom is -0.248 e. The van der Waals surface area contributed by atoms with Crippen LogP contribution in [0.25, 0.3) is 0 Å². The molecule has 0 aliphatic heterocycles. The van der Waals surface area contributed by atoms with E-state index in [4.69, 9.17) is 0 Å². The van der Waals surface area contributed by atoms with Crippen LogP contribution in [0.1, 0.15) is 16.8 Å². The van der Waals surface area contributed by atoms with Crippen molar-refractivity contribution in [3.63, 3.8) is 0 Å². The lowest BCUT2D eigenvalue weighted by atomic mass is 10.6. The van der Waals surface area contributed by atoms with E-state index >= 15 is 0 Å². The first-order valence-electron chi connectivity index (χ1n) is 3.77. The van der Waals surface area contributed by atoms with E-state index in [1.54, 1.807) is 13.1 Å². The molecule has 0 aliphatic carbocycles. The molecule has 13 heavy (non-hydrogen) atoms. The van der Waals surface area contributed by atoms with E-state index in [0.29, 0.717) is 5.01 Å². The molecule has 0 saturated heterocycles. The van der Waals surface area contributed by atoms with E-state index in [-0.39, 0.29) is 11.5 Å². The van der Waals surface area contributed by atoms with Crippen molar-refractivity contribution in [3.8, 4) is 0 Å². The highest BCUT2D eigenvalue weighted by atomic mass is 79.9. The fraction of sp³-hybridized carbons (Fsp3) is 0.571. The lowest BCUT2D eigenvalue weighted by molar-refractivity contribution is 0.596. The number of halogens is 1. The third-order valence-corrected chi connectivity index (χ3v) is 5.26. The van der Waals surface area contributed by atoms with Crippen LogP contribution in [0.4, 0.5) is 0 Å². The summed E-state index contributed by atoms with van der Waals surface area (Å²) in [5, 5.41) is 1.41. The predicted molar refractivity (Wildman–Crippen MR) is 57.9 cm³/mol. The molecule has 0 aliphatic rings. The van der Waals surface area contributed by atoms with E-state index < -0.39 is 9.84 Å². The Morgan fingerprint density at radius 3 is 2.77 bits per heavy atom. The summed E-state index contributed by atoms with van der Waals surface area (Å²) in [4.78, 5) is 5.09. The Morgan fingerprint density at radius 1 is 1.62 bits per heavy atom. The monoisotopic (exact) mass is 283 g/mol. The van der Waals surface area contributed by atoms with Crippen LogP contribution < -0.4 is 0 Å². The third kappa shape index (κ3) is 3.36. The molecular weight excluding hydrogens is 274 g/mol. The second-order valence-corrected chi connectivity index (χ2v) is 6.64. The standard InChI is InChI=1S/C7H10BrNO2S2/c1-2-13(10,11)5-7-9-4-6(3-8)12-7/h4H,2-3,5H2,1H3. The summed E-state index contributed by atoms with van der Waals surface area (Å²) < 4.78 is 22.4. The highest BCUT2D eigenvalue weighted by Crippen LogP contribution is 2.17. The SMILES string of the molecule is CCS(=O)(=O)Cc1ncc(CBr)s1. The maximum Gasteiger partial charge on any atom is 0.156 e. The van der Waals surface area contributed by atoms with Gasteiger partial charge in [-0.15, -0.1) is 11.3 Å². The lowest BCUT2D eigenvalue weighted by Gasteiger charge is -1.95. The fourth-order valence-electron chi connectivity index (χ4n) is 0.767. The third-order valence-electron chi connectivity index (χ3n) is 1.52. The number of nitrogens with zero attached hydrogens (tertiary/aromatic N) is 1. The van der Waals surface area contributed by atoms with E-state index in [2.05, 4.69) is 20.9 Å². The summed E-state index contributed by atoms with van der Waals surface area (Å²) in [6, 6.07) is 0.